The van der Waals surface area contributed by atoms with Crippen molar-refractivity contribution in [3.05, 3.63) is 53.6 Å². The van der Waals surface area contributed by atoms with Gasteiger partial charge < -0.3 is 28.7 Å². The fourth-order valence-corrected chi connectivity index (χ4v) is 5.79. The molecule has 1 fully saturated rings. The number of rotatable bonds is 13. The fraction of sp³-hybridized carbons (Fsp3) is 0.548. The van der Waals surface area contributed by atoms with Crippen LogP contribution in [0, 0.1) is 5.92 Å². The van der Waals surface area contributed by atoms with E-state index in [9.17, 15) is 14.7 Å². The van der Waals surface area contributed by atoms with Crippen LogP contribution in [0.4, 0.5) is 0 Å². The second-order valence-electron chi connectivity index (χ2n) is 11.8. The molecule has 0 bridgehead atoms. The molecule has 1 amide bonds. The predicted molar refractivity (Wildman–Crippen MR) is 153 cm³/mol. The third-order valence-electron chi connectivity index (χ3n) is 7.90. The Labute approximate surface area is 237 Å². The number of likely N-dealkylation sites (tertiary alicyclic amines) is 1. The molecular formula is C31H44N3O6+. The molecule has 9 nitrogen and oxygen atoms in total. The van der Waals surface area contributed by atoms with E-state index in [1.54, 1.807) is 7.11 Å². The Balaban J connectivity index is 1.63. The van der Waals surface area contributed by atoms with Crippen LogP contribution in [0.1, 0.15) is 49.3 Å². The molecule has 3 atom stereocenters. The van der Waals surface area contributed by atoms with Gasteiger partial charge in [0.15, 0.2) is 11.5 Å². The van der Waals surface area contributed by atoms with Crippen molar-refractivity contribution in [1.29, 1.82) is 0 Å². The third kappa shape index (κ3) is 7.06. The highest BCUT2D eigenvalue weighted by molar-refractivity contribution is 5.79. The summed E-state index contributed by atoms with van der Waals surface area (Å²) in [7, 11) is 8.08. The number of quaternary nitrogens is 1. The molecule has 218 valence electrons. The number of hydrogen-bond donors (Lipinski definition) is 1. The predicted octanol–water partition coefficient (Wildman–Crippen LogP) is 3.99. The van der Waals surface area contributed by atoms with E-state index in [0.29, 0.717) is 36.9 Å². The van der Waals surface area contributed by atoms with Gasteiger partial charge in [-0.1, -0.05) is 31.5 Å². The molecule has 2 aliphatic rings. The van der Waals surface area contributed by atoms with Crippen LogP contribution in [0.5, 0.6) is 17.2 Å². The van der Waals surface area contributed by atoms with Crippen LogP contribution in [0.3, 0.4) is 0 Å². The SMILES string of the molecule is CCCCN(CCC[N+](C)(C)C)C(=O)CN1CC(c2ccc3c(c2)OCO3)C(C(=O)O)C1c1ccc(OC)cc1. The van der Waals surface area contributed by atoms with Gasteiger partial charge in [0.2, 0.25) is 12.7 Å². The summed E-state index contributed by atoms with van der Waals surface area (Å²) < 4.78 is 17.3. The number of carboxylic acid groups (broad SMARTS) is 1. The van der Waals surface area contributed by atoms with Crippen LogP contribution in [0.2, 0.25) is 0 Å². The number of amides is 1. The second kappa shape index (κ2) is 12.9. The van der Waals surface area contributed by atoms with Gasteiger partial charge in [0.1, 0.15) is 5.75 Å². The molecule has 2 aromatic rings. The fourth-order valence-electron chi connectivity index (χ4n) is 5.79. The summed E-state index contributed by atoms with van der Waals surface area (Å²) in [5, 5.41) is 10.5. The zero-order valence-electron chi connectivity index (χ0n) is 24.5. The topological polar surface area (TPSA) is 88.5 Å². The number of fused-ring (bicyclic) bond motifs is 1. The Morgan fingerprint density at radius 1 is 1.02 bits per heavy atom. The molecule has 2 aliphatic heterocycles. The first-order chi connectivity index (χ1) is 19.1. The van der Waals surface area contributed by atoms with E-state index in [0.717, 1.165) is 41.4 Å². The lowest BCUT2D eigenvalue weighted by Crippen LogP contribution is -2.43. The summed E-state index contributed by atoms with van der Waals surface area (Å²) >= 11 is 0. The minimum absolute atomic E-state index is 0.0452. The van der Waals surface area contributed by atoms with Gasteiger partial charge in [0.05, 0.1) is 47.3 Å². The number of methoxy groups -OCH3 is 1. The average Bonchev–Trinajstić information content (AvgIpc) is 3.54. The minimum Gasteiger partial charge on any atom is -0.497 e. The van der Waals surface area contributed by atoms with Crippen LogP contribution in [-0.2, 0) is 9.59 Å². The number of benzene rings is 2. The molecule has 2 aromatic carbocycles. The average molecular weight is 555 g/mol. The summed E-state index contributed by atoms with van der Waals surface area (Å²) in [6, 6.07) is 12.7. The summed E-state index contributed by atoms with van der Waals surface area (Å²) in [6.45, 7) is 5.27. The molecule has 9 heteroatoms. The first-order valence-electron chi connectivity index (χ1n) is 14.2. The molecule has 0 aromatic heterocycles. The maximum Gasteiger partial charge on any atom is 0.309 e. The number of unbranched alkanes of at least 4 members (excludes halogenated alkanes) is 1. The monoisotopic (exact) mass is 554 g/mol. The van der Waals surface area contributed by atoms with E-state index in [-0.39, 0.29) is 25.2 Å². The van der Waals surface area contributed by atoms with Crippen molar-refractivity contribution in [3.8, 4) is 17.2 Å². The normalized spacial score (nSPS) is 20.5. The van der Waals surface area contributed by atoms with Crippen molar-refractivity contribution in [2.75, 3.05) is 67.8 Å². The van der Waals surface area contributed by atoms with Crippen LogP contribution in [-0.4, -0.2) is 99.0 Å². The van der Waals surface area contributed by atoms with Crippen LogP contribution < -0.4 is 14.2 Å². The van der Waals surface area contributed by atoms with E-state index < -0.39 is 17.9 Å². The summed E-state index contributed by atoms with van der Waals surface area (Å²) in [6.07, 6.45) is 2.86. The molecule has 1 N–H and O–H groups in total. The molecule has 0 saturated carbocycles. The van der Waals surface area contributed by atoms with E-state index in [1.165, 1.54) is 0 Å². The Morgan fingerprint density at radius 2 is 1.70 bits per heavy atom. The number of ether oxygens (including phenoxy) is 3. The van der Waals surface area contributed by atoms with Gasteiger partial charge in [-0.05, 0) is 41.8 Å². The van der Waals surface area contributed by atoms with Gasteiger partial charge in [-0.2, -0.15) is 0 Å². The second-order valence-corrected chi connectivity index (χ2v) is 11.8. The van der Waals surface area contributed by atoms with Crippen molar-refractivity contribution >= 4 is 11.9 Å². The van der Waals surface area contributed by atoms with Gasteiger partial charge in [0.25, 0.3) is 0 Å². The zero-order chi connectivity index (χ0) is 28.9. The lowest BCUT2D eigenvalue weighted by molar-refractivity contribution is -0.870. The van der Waals surface area contributed by atoms with E-state index in [2.05, 4.69) is 33.0 Å². The number of carboxylic acids is 1. The van der Waals surface area contributed by atoms with Gasteiger partial charge >= 0.3 is 5.97 Å². The summed E-state index contributed by atoms with van der Waals surface area (Å²) in [5.41, 5.74) is 1.73. The van der Waals surface area contributed by atoms with Crippen molar-refractivity contribution < 1.29 is 33.4 Å². The standard InChI is InChI=1S/C31H43N3O6/c1-6-7-15-32(16-8-17-34(2,3)4)28(35)20-33-19-25(23-11-14-26-27(18-23)40-21-39-26)29(31(36)37)30(33)22-9-12-24(38-5)13-10-22/h9-14,18,25,29-30H,6-8,15-17,19-21H2,1-5H3/p+1. The molecule has 1 saturated heterocycles. The molecule has 0 aliphatic carbocycles. The maximum absolute atomic E-state index is 13.8. The highest BCUT2D eigenvalue weighted by atomic mass is 16.7. The highest BCUT2D eigenvalue weighted by Crippen LogP contribution is 2.47. The number of hydrogen-bond acceptors (Lipinski definition) is 6. The lowest BCUT2D eigenvalue weighted by Gasteiger charge is -2.31. The molecule has 40 heavy (non-hydrogen) atoms. The zero-order valence-corrected chi connectivity index (χ0v) is 24.5. The van der Waals surface area contributed by atoms with Crippen molar-refractivity contribution in [1.82, 2.24) is 9.80 Å². The first kappa shape index (κ1) is 29.7. The van der Waals surface area contributed by atoms with Crippen LogP contribution in [0.15, 0.2) is 42.5 Å². The maximum atomic E-state index is 13.8. The number of nitrogens with zero attached hydrogens (tertiary/aromatic N) is 3. The number of carbonyl (C=O) groups excluding carboxylic acids is 1. The Morgan fingerprint density at radius 3 is 2.35 bits per heavy atom. The quantitative estimate of drug-likeness (QED) is 0.375. The smallest absolute Gasteiger partial charge is 0.309 e. The van der Waals surface area contributed by atoms with Crippen LogP contribution in [0.25, 0.3) is 0 Å². The van der Waals surface area contributed by atoms with Gasteiger partial charge in [0, 0.05) is 38.0 Å². The van der Waals surface area contributed by atoms with Gasteiger partial charge in [-0.15, -0.1) is 0 Å². The number of carbonyl (C=O) groups is 2. The molecule has 3 unspecified atom stereocenters. The van der Waals surface area contributed by atoms with E-state index >= 15 is 0 Å². The Kier molecular flexibility index (Phi) is 9.58. The number of aliphatic carboxylic acids is 1. The summed E-state index contributed by atoms with van der Waals surface area (Å²) in [4.78, 5) is 30.7. The van der Waals surface area contributed by atoms with Crippen molar-refractivity contribution in [2.45, 2.75) is 38.1 Å². The third-order valence-corrected chi connectivity index (χ3v) is 7.90. The molecule has 0 spiro atoms. The van der Waals surface area contributed by atoms with Crippen molar-refractivity contribution in [2.24, 2.45) is 5.92 Å². The first-order valence-corrected chi connectivity index (χ1v) is 14.2. The van der Waals surface area contributed by atoms with Gasteiger partial charge in [-0.25, -0.2) is 0 Å². The van der Waals surface area contributed by atoms with Gasteiger partial charge in [-0.3, -0.25) is 14.5 Å². The van der Waals surface area contributed by atoms with E-state index in [1.807, 2.05) is 47.4 Å². The van der Waals surface area contributed by atoms with Crippen molar-refractivity contribution in [3.63, 3.8) is 0 Å². The molecule has 2 heterocycles. The Hall–Kier alpha value is -3.30. The van der Waals surface area contributed by atoms with Crippen LogP contribution >= 0.6 is 0 Å². The Bertz CT molecular complexity index is 1160. The van der Waals surface area contributed by atoms with E-state index in [4.69, 9.17) is 14.2 Å². The highest BCUT2D eigenvalue weighted by Gasteiger charge is 2.48. The molecular weight excluding hydrogens is 510 g/mol. The lowest BCUT2D eigenvalue weighted by atomic mass is 9.82. The minimum atomic E-state index is -0.885. The largest absolute Gasteiger partial charge is 0.497 e. The molecule has 4 rings (SSSR count). The summed E-state index contributed by atoms with van der Waals surface area (Å²) in [5.74, 6) is 0.0746. The molecule has 0 radical (unpaired) electrons.